The lowest BCUT2D eigenvalue weighted by atomic mass is 9.97. The molecule has 0 saturated carbocycles. The van der Waals surface area contributed by atoms with Gasteiger partial charge in [-0.05, 0) is 58.0 Å². The number of nitrogens with one attached hydrogen (secondary N) is 1. The molecule has 0 aliphatic carbocycles. The molecule has 1 N–H and O–H groups in total. The fourth-order valence-electron chi connectivity index (χ4n) is 4.19. The first-order valence-electron chi connectivity index (χ1n) is 11.3. The number of aryl methyl sites for hydroxylation is 2. The van der Waals surface area contributed by atoms with Crippen LogP contribution in [0.15, 0.2) is 66.7 Å². The van der Waals surface area contributed by atoms with Gasteiger partial charge in [0.15, 0.2) is 0 Å². The van der Waals surface area contributed by atoms with Crippen LogP contribution in [0.1, 0.15) is 32.8 Å². The number of benzene rings is 3. The van der Waals surface area contributed by atoms with E-state index in [-0.39, 0.29) is 0 Å². The molecule has 4 aromatic rings. The summed E-state index contributed by atoms with van der Waals surface area (Å²) in [6, 6.07) is 23.4. The molecular weight excluding hydrogens is 523 g/mol. The number of carbonyl (C=O) groups is 1. The highest BCUT2D eigenvalue weighted by Gasteiger charge is 2.24. The minimum absolute atomic E-state index is 0.444. The Labute approximate surface area is 209 Å². The Kier molecular flexibility index (Phi) is 6.88. The third-order valence-corrected chi connectivity index (χ3v) is 6.25. The van der Waals surface area contributed by atoms with E-state index in [1.807, 2.05) is 26.8 Å². The van der Waals surface area contributed by atoms with E-state index >= 15 is 0 Å². The summed E-state index contributed by atoms with van der Waals surface area (Å²) in [4.78, 5) is 12.4. The Hall–Kier alpha value is -2.67. The molecule has 0 unspecified atom stereocenters. The van der Waals surface area contributed by atoms with Crippen molar-refractivity contribution in [3.8, 4) is 11.3 Å². The van der Waals surface area contributed by atoms with Gasteiger partial charge in [0, 0.05) is 27.9 Å². The zero-order valence-corrected chi connectivity index (χ0v) is 21.8. The Morgan fingerprint density at radius 2 is 1.70 bits per heavy atom. The molecule has 0 saturated heterocycles. The predicted molar refractivity (Wildman–Crippen MR) is 145 cm³/mol. The largest absolute Gasteiger partial charge is 0.444 e. The summed E-state index contributed by atoms with van der Waals surface area (Å²) < 4.78 is 8.95. The normalized spacial score (nSPS) is 11.7. The molecule has 3 aromatic carbocycles. The monoisotopic (exact) mass is 553 g/mol. The van der Waals surface area contributed by atoms with Crippen molar-refractivity contribution in [3.05, 3.63) is 72.3 Å². The highest BCUT2D eigenvalue weighted by Crippen LogP contribution is 2.33. The van der Waals surface area contributed by atoms with Crippen LogP contribution in [0.3, 0.4) is 0 Å². The number of amides is 1. The van der Waals surface area contributed by atoms with E-state index in [1.54, 1.807) is 0 Å². The van der Waals surface area contributed by atoms with E-state index in [4.69, 9.17) is 4.74 Å². The Morgan fingerprint density at radius 1 is 0.970 bits per heavy atom. The van der Waals surface area contributed by atoms with Gasteiger partial charge in [-0.1, -0.05) is 58.5 Å². The second-order valence-corrected chi connectivity index (χ2v) is 10.4. The summed E-state index contributed by atoms with van der Waals surface area (Å²) >= 11 is 2.44. The predicted octanol–water partition coefficient (Wildman–Crippen LogP) is 7.43. The van der Waals surface area contributed by atoms with Gasteiger partial charge in [0.2, 0.25) is 11.2 Å². The van der Waals surface area contributed by atoms with Crippen molar-refractivity contribution in [2.24, 2.45) is 0 Å². The van der Waals surface area contributed by atoms with E-state index in [9.17, 15) is 4.79 Å². The van der Waals surface area contributed by atoms with Crippen molar-refractivity contribution in [3.63, 3.8) is 0 Å². The molecule has 170 valence electrons. The summed E-state index contributed by atoms with van der Waals surface area (Å²) in [7, 11) is 0. The third kappa shape index (κ3) is 5.29. The smallest absolute Gasteiger partial charge is 0.412 e. The zero-order valence-electron chi connectivity index (χ0n) is 19.6. The van der Waals surface area contributed by atoms with E-state index in [2.05, 4.69) is 100 Å². The third-order valence-electron chi connectivity index (χ3n) is 5.49. The van der Waals surface area contributed by atoms with Crippen molar-refractivity contribution in [2.75, 3.05) is 9.74 Å². The van der Waals surface area contributed by atoms with Gasteiger partial charge in [-0.2, -0.15) is 4.57 Å². The number of nitrogens with zero attached hydrogens (tertiary/aromatic N) is 1. The van der Waals surface area contributed by atoms with Crippen molar-refractivity contribution in [2.45, 2.75) is 46.3 Å². The van der Waals surface area contributed by atoms with Crippen LogP contribution in [-0.2, 0) is 11.3 Å². The first kappa shape index (κ1) is 23.5. The molecule has 0 radical (unpaired) electrons. The van der Waals surface area contributed by atoms with Crippen LogP contribution in [-0.4, -0.2) is 16.1 Å². The molecule has 5 heteroatoms. The summed E-state index contributed by atoms with van der Waals surface area (Å²) in [6.45, 7) is 8.63. The van der Waals surface area contributed by atoms with E-state index in [1.165, 1.54) is 33.0 Å². The molecule has 1 aromatic heterocycles. The molecular formula is C28H30IN2O2+. The number of anilines is 1. The highest BCUT2D eigenvalue weighted by atomic mass is 127. The van der Waals surface area contributed by atoms with E-state index < -0.39 is 11.7 Å². The number of hydrogen-bond donors (Lipinski definition) is 1. The maximum atomic E-state index is 12.4. The van der Waals surface area contributed by atoms with E-state index in [0.29, 0.717) is 0 Å². The SMILES string of the molecule is Cc1ccc2c(c1)c(-c1ccccc1)[n+](CCCI)c1cc(NC(=O)OC(C)(C)C)ccc21. The van der Waals surface area contributed by atoms with Gasteiger partial charge < -0.3 is 4.74 Å². The summed E-state index contributed by atoms with van der Waals surface area (Å²) in [5, 5.41) is 6.55. The molecule has 1 heterocycles. The molecule has 4 rings (SSSR count). The van der Waals surface area contributed by atoms with Crippen LogP contribution >= 0.6 is 22.6 Å². The van der Waals surface area contributed by atoms with Gasteiger partial charge in [-0.25, -0.2) is 4.79 Å². The van der Waals surface area contributed by atoms with Gasteiger partial charge in [-0.3, -0.25) is 5.32 Å². The summed E-state index contributed by atoms with van der Waals surface area (Å²) in [5.41, 5.74) is 4.92. The lowest BCUT2D eigenvalue weighted by Crippen LogP contribution is -2.38. The standard InChI is InChI=1S/C28H29IN2O2/c1-19-11-13-22-23-14-12-21(30-27(32)33-28(2,3)4)18-25(23)31(16-8-15-29)26(24(22)17-19)20-9-6-5-7-10-20/h5-7,9-14,17-18H,8,15-16H2,1-4H3/p+1. The van der Waals surface area contributed by atoms with Crippen LogP contribution in [0.2, 0.25) is 0 Å². The molecule has 0 atom stereocenters. The fourth-order valence-corrected chi connectivity index (χ4v) is 4.54. The number of hydrogen-bond acceptors (Lipinski definition) is 2. The van der Waals surface area contributed by atoms with E-state index in [0.717, 1.165) is 28.6 Å². The Balaban J connectivity index is 1.97. The zero-order chi connectivity index (χ0) is 23.6. The lowest BCUT2D eigenvalue weighted by molar-refractivity contribution is -0.659. The van der Waals surface area contributed by atoms with Crippen molar-refractivity contribution in [1.29, 1.82) is 0 Å². The first-order valence-corrected chi connectivity index (χ1v) is 12.8. The molecule has 0 bridgehead atoms. The van der Waals surface area contributed by atoms with Gasteiger partial charge in [0.05, 0.1) is 16.5 Å². The number of pyridine rings is 1. The number of rotatable bonds is 5. The molecule has 0 aliphatic rings. The summed E-state index contributed by atoms with van der Waals surface area (Å²) in [5.74, 6) is 0. The van der Waals surface area contributed by atoms with Crippen LogP contribution in [0.5, 0.6) is 0 Å². The Bertz CT molecular complexity index is 1310. The number of aromatic nitrogens is 1. The number of fused-ring (bicyclic) bond motifs is 3. The fraction of sp³-hybridized carbons (Fsp3) is 0.286. The van der Waals surface area contributed by atoms with Crippen LogP contribution in [0.4, 0.5) is 10.5 Å². The minimum atomic E-state index is -0.546. The summed E-state index contributed by atoms with van der Waals surface area (Å²) in [6.07, 6.45) is 0.613. The van der Waals surface area contributed by atoms with Crippen molar-refractivity contribution < 1.29 is 14.1 Å². The van der Waals surface area contributed by atoms with Crippen LogP contribution in [0.25, 0.3) is 32.9 Å². The lowest BCUT2D eigenvalue weighted by Gasteiger charge is -2.19. The molecule has 0 aliphatic heterocycles. The second kappa shape index (κ2) is 9.67. The van der Waals surface area contributed by atoms with Gasteiger partial charge >= 0.3 is 6.09 Å². The Morgan fingerprint density at radius 3 is 2.39 bits per heavy atom. The number of carbonyl (C=O) groups excluding carboxylic acids is 1. The maximum Gasteiger partial charge on any atom is 0.412 e. The number of halogens is 1. The van der Waals surface area contributed by atoms with Crippen LogP contribution < -0.4 is 9.88 Å². The number of alkyl halides is 1. The average Bonchev–Trinajstić information content (AvgIpc) is 2.76. The maximum absolute atomic E-state index is 12.4. The average molecular weight is 553 g/mol. The first-order chi connectivity index (χ1) is 15.8. The molecule has 0 spiro atoms. The molecule has 4 nitrogen and oxygen atoms in total. The molecule has 33 heavy (non-hydrogen) atoms. The van der Waals surface area contributed by atoms with Gasteiger partial charge in [0.25, 0.3) is 0 Å². The molecule has 0 fully saturated rings. The second-order valence-electron chi connectivity index (χ2n) is 9.32. The van der Waals surface area contributed by atoms with Crippen molar-refractivity contribution in [1.82, 2.24) is 0 Å². The van der Waals surface area contributed by atoms with Gasteiger partial charge in [0.1, 0.15) is 12.1 Å². The van der Waals surface area contributed by atoms with Crippen molar-refractivity contribution >= 4 is 56.0 Å². The van der Waals surface area contributed by atoms with Gasteiger partial charge in [-0.15, -0.1) is 0 Å². The quantitative estimate of drug-likeness (QED) is 0.121. The minimum Gasteiger partial charge on any atom is -0.444 e. The highest BCUT2D eigenvalue weighted by molar-refractivity contribution is 14.1. The van der Waals surface area contributed by atoms with Crippen LogP contribution in [0, 0.1) is 6.92 Å². The molecule has 1 amide bonds. The number of ether oxygens (including phenoxy) is 1. The topological polar surface area (TPSA) is 42.2 Å².